The van der Waals surface area contributed by atoms with Crippen LogP contribution in [-0.4, -0.2) is 30.0 Å². The van der Waals surface area contributed by atoms with Crippen LogP contribution in [0.15, 0.2) is 24.3 Å². The van der Waals surface area contributed by atoms with Gasteiger partial charge in [0.2, 0.25) is 0 Å². The summed E-state index contributed by atoms with van der Waals surface area (Å²) in [4.78, 5) is 11.5. The number of hydrogen-bond donors (Lipinski definition) is 2. The van der Waals surface area contributed by atoms with E-state index in [0.29, 0.717) is 6.42 Å². The number of alkyl carbamates (subject to hydrolysis) is 1. The zero-order valence-corrected chi connectivity index (χ0v) is 12.1. The first-order chi connectivity index (χ1) is 9.30. The minimum absolute atomic E-state index is 0.0910. The van der Waals surface area contributed by atoms with Gasteiger partial charge in [0.1, 0.15) is 11.4 Å². The molecule has 0 heterocycles. The van der Waals surface area contributed by atoms with Gasteiger partial charge in [-0.15, -0.1) is 0 Å². The monoisotopic (exact) mass is 283 g/mol. The van der Waals surface area contributed by atoms with Gasteiger partial charge in [-0.2, -0.15) is 0 Å². The fourth-order valence-electron chi connectivity index (χ4n) is 1.74. The Morgan fingerprint density at radius 3 is 2.70 bits per heavy atom. The molecule has 0 aliphatic rings. The van der Waals surface area contributed by atoms with E-state index in [1.54, 1.807) is 32.9 Å². The first-order valence-corrected chi connectivity index (χ1v) is 6.62. The maximum absolute atomic E-state index is 13.1. The van der Waals surface area contributed by atoms with Crippen LogP contribution in [0.5, 0.6) is 0 Å². The van der Waals surface area contributed by atoms with Gasteiger partial charge < -0.3 is 15.2 Å². The molecule has 0 bridgehead atoms. The number of aliphatic hydroxyl groups is 1. The third-order valence-corrected chi connectivity index (χ3v) is 2.61. The van der Waals surface area contributed by atoms with Crippen LogP contribution < -0.4 is 5.32 Å². The van der Waals surface area contributed by atoms with Gasteiger partial charge >= 0.3 is 6.09 Å². The molecule has 4 nitrogen and oxygen atoms in total. The highest BCUT2D eigenvalue weighted by atomic mass is 19.1. The van der Waals surface area contributed by atoms with Crippen LogP contribution in [0.25, 0.3) is 0 Å². The van der Waals surface area contributed by atoms with Crippen LogP contribution in [0.2, 0.25) is 0 Å². The van der Waals surface area contributed by atoms with E-state index in [4.69, 9.17) is 4.74 Å². The van der Waals surface area contributed by atoms with Gasteiger partial charge in [-0.05, 0) is 44.9 Å². The van der Waals surface area contributed by atoms with Crippen molar-refractivity contribution >= 4 is 6.09 Å². The molecular formula is C15H22FNO3. The molecule has 5 heteroatoms. The van der Waals surface area contributed by atoms with E-state index >= 15 is 0 Å². The van der Waals surface area contributed by atoms with Crippen molar-refractivity contribution in [1.82, 2.24) is 5.32 Å². The molecule has 1 atom stereocenters. The van der Waals surface area contributed by atoms with Crippen molar-refractivity contribution in [3.05, 3.63) is 35.6 Å². The molecule has 0 fully saturated rings. The summed E-state index contributed by atoms with van der Waals surface area (Å²) in [6, 6.07) is 6.21. The summed E-state index contributed by atoms with van der Waals surface area (Å²) in [5.41, 5.74) is 0.233. The number of ether oxygens (including phenoxy) is 1. The molecule has 0 aromatic heterocycles. The Morgan fingerprint density at radius 2 is 2.15 bits per heavy atom. The Balaban J connectivity index is 2.46. The number of halogens is 1. The summed E-state index contributed by atoms with van der Waals surface area (Å²) < 4.78 is 18.2. The van der Waals surface area contributed by atoms with E-state index in [-0.39, 0.29) is 24.9 Å². The fourth-order valence-corrected chi connectivity index (χ4v) is 1.74. The van der Waals surface area contributed by atoms with Crippen LogP contribution in [0.4, 0.5) is 9.18 Å². The van der Waals surface area contributed by atoms with Crippen molar-refractivity contribution in [3.8, 4) is 0 Å². The Bertz CT molecular complexity index is 443. The number of carbonyl (C=O) groups excluding carboxylic acids is 1. The molecule has 20 heavy (non-hydrogen) atoms. The molecule has 1 aromatic rings. The van der Waals surface area contributed by atoms with Gasteiger partial charge in [-0.25, -0.2) is 9.18 Å². The van der Waals surface area contributed by atoms with Gasteiger partial charge in [-0.1, -0.05) is 12.1 Å². The number of aliphatic hydroxyl groups excluding tert-OH is 1. The second-order valence-electron chi connectivity index (χ2n) is 5.77. The van der Waals surface area contributed by atoms with Crippen LogP contribution >= 0.6 is 0 Å². The highest BCUT2D eigenvalue weighted by molar-refractivity contribution is 5.67. The molecule has 1 unspecified atom stereocenters. The molecule has 0 saturated carbocycles. The Morgan fingerprint density at radius 1 is 1.45 bits per heavy atom. The minimum Gasteiger partial charge on any atom is -0.444 e. The summed E-state index contributed by atoms with van der Waals surface area (Å²) in [5, 5.41) is 11.9. The number of amides is 1. The van der Waals surface area contributed by atoms with E-state index in [2.05, 4.69) is 5.32 Å². The third kappa shape index (κ3) is 6.52. The van der Waals surface area contributed by atoms with Gasteiger partial charge in [0.15, 0.2) is 0 Å². The lowest BCUT2D eigenvalue weighted by Gasteiger charge is -2.21. The highest BCUT2D eigenvalue weighted by Crippen LogP contribution is 2.11. The minimum atomic E-state index is -0.554. The second kappa shape index (κ2) is 7.24. The zero-order chi connectivity index (χ0) is 15.2. The summed E-state index contributed by atoms with van der Waals surface area (Å²) in [6.45, 7) is 5.53. The molecule has 2 N–H and O–H groups in total. The number of rotatable bonds is 5. The SMILES string of the molecule is CC(C)(C)OC(=O)NCC(CO)Cc1cccc(F)c1. The van der Waals surface area contributed by atoms with E-state index in [1.165, 1.54) is 12.1 Å². The number of carbonyl (C=O) groups is 1. The summed E-state index contributed by atoms with van der Waals surface area (Å²) in [5.74, 6) is -0.483. The quantitative estimate of drug-likeness (QED) is 0.873. The first-order valence-electron chi connectivity index (χ1n) is 6.62. The fraction of sp³-hybridized carbons (Fsp3) is 0.533. The number of benzene rings is 1. The van der Waals surface area contributed by atoms with Crippen LogP contribution in [0.1, 0.15) is 26.3 Å². The molecule has 1 rings (SSSR count). The molecular weight excluding hydrogens is 261 g/mol. The average molecular weight is 283 g/mol. The van der Waals surface area contributed by atoms with E-state index in [1.807, 2.05) is 0 Å². The van der Waals surface area contributed by atoms with E-state index < -0.39 is 11.7 Å². The van der Waals surface area contributed by atoms with E-state index in [0.717, 1.165) is 5.56 Å². The molecule has 0 spiro atoms. The highest BCUT2D eigenvalue weighted by Gasteiger charge is 2.17. The first kappa shape index (κ1) is 16.4. The van der Waals surface area contributed by atoms with Crippen molar-refractivity contribution in [2.24, 2.45) is 5.92 Å². The lowest BCUT2D eigenvalue weighted by molar-refractivity contribution is 0.0512. The van der Waals surface area contributed by atoms with Crippen molar-refractivity contribution in [3.63, 3.8) is 0 Å². The molecule has 112 valence electrons. The maximum atomic E-state index is 13.1. The second-order valence-corrected chi connectivity index (χ2v) is 5.77. The van der Waals surface area contributed by atoms with Crippen molar-refractivity contribution in [1.29, 1.82) is 0 Å². The average Bonchev–Trinajstić information content (AvgIpc) is 2.32. The van der Waals surface area contributed by atoms with Gasteiger partial charge in [0.25, 0.3) is 0 Å². The summed E-state index contributed by atoms with van der Waals surface area (Å²) in [7, 11) is 0. The normalized spacial score (nSPS) is 12.8. The van der Waals surface area contributed by atoms with Crippen LogP contribution in [0.3, 0.4) is 0 Å². The summed E-state index contributed by atoms with van der Waals surface area (Å²) in [6.07, 6.45) is -0.0282. The lowest BCUT2D eigenvalue weighted by atomic mass is 10.00. The standard InChI is InChI=1S/C15H22FNO3/c1-15(2,3)20-14(19)17-9-12(10-18)7-11-5-4-6-13(16)8-11/h4-6,8,12,18H,7,9-10H2,1-3H3,(H,17,19). The van der Waals surface area contributed by atoms with E-state index in [9.17, 15) is 14.3 Å². The zero-order valence-electron chi connectivity index (χ0n) is 12.1. The van der Waals surface area contributed by atoms with Gasteiger partial charge in [0.05, 0.1) is 0 Å². The van der Waals surface area contributed by atoms with Crippen molar-refractivity contribution in [2.45, 2.75) is 32.8 Å². The molecule has 0 radical (unpaired) electrons. The Kier molecular flexibility index (Phi) is 5.95. The smallest absolute Gasteiger partial charge is 0.407 e. The summed E-state index contributed by atoms with van der Waals surface area (Å²) >= 11 is 0. The number of nitrogens with one attached hydrogen (secondary N) is 1. The topological polar surface area (TPSA) is 58.6 Å². The van der Waals surface area contributed by atoms with Crippen molar-refractivity contribution < 1.29 is 19.0 Å². The Hall–Kier alpha value is -1.62. The lowest BCUT2D eigenvalue weighted by Crippen LogP contribution is -2.36. The van der Waals surface area contributed by atoms with Gasteiger partial charge in [-0.3, -0.25) is 0 Å². The molecule has 1 amide bonds. The predicted octanol–water partition coefficient (Wildman–Crippen LogP) is 2.50. The largest absolute Gasteiger partial charge is 0.444 e. The molecule has 0 aliphatic heterocycles. The molecule has 1 aromatic carbocycles. The maximum Gasteiger partial charge on any atom is 0.407 e. The van der Waals surface area contributed by atoms with Gasteiger partial charge in [0, 0.05) is 19.1 Å². The third-order valence-electron chi connectivity index (χ3n) is 2.61. The Labute approximate surface area is 119 Å². The molecule has 0 saturated heterocycles. The van der Waals surface area contributed by atoms with Crippen LogP contribution in [0, 0.1) is 11.7 Å². The van der Waals surface area contributed by atoms with Crippen LogP contribution in [-0.2, 0) is 11.2 Å². The van der Waals surface area contributed by atoms with Crippen molar-refractivity contribution in [2.75, 3.05) is 13.2 Å². The molecule has 0 aliphatic carbocycles. The number of hydrogen-bond acceptors (Lipinski definition) is 3. The predicted molar refractivity (Wildman–Crippen MR) is 74.9 cm³/mol.